The van der Waals surface area contributed by atoms with Gasteiger partial charge in [-0.3, -0.25) is 0 Å². The normalized spacial score (nSPS) is 18.2. The van der Waals surface area contributed by atoms with Crippen molar-refractivity contribution >= 4 is 0 Å². The fraction of sp³-hybridized carbons (Fsp3) is 0.419. The lowest BCUT2D eigenvalue weighted by Gasteiger charge is -2.29. The van der Waals surface area contributed by atoms with E-state index in [2.05, 4.69) is 26.3 Å². The molecule has 2 rings (SSSR count). The van der Waals surface area contributed by atoms with Crippen molar-refractivity contribution in [2.45, 2.75) is 58.3 Å². The first kappa shape index (κ1) is 31.9. The third kappa shape index (κ3) is 8.87. The van der Waals surface area contributed by atoms with Crippen molar-refractivity contribution in [3.05, 3.63) is 102 Å². The molecule has 1 saturated carbocycles. The maximum Gasteiger partial charge on any atom is 0.200 e. The largest absolute Gasteiger partial charge is 0.491 e. The van der Waals surface area contributed by atoms with Crippen LogP contribution in [0, 0.1) is 17.6 Å². The van der Waals surface area contributed by atoms with Crippen LogP contribution in [0.5, 0.6) is 5.75 Å². The van der Waals surface area contributed by atoms with Gasteiger partial charge in [-0.05, 0) is 74.1 Å². The number of ether oxygens (including phenoxy) is 3. The molecule has 1 aromatic rings. The van der Waals surface area contributed by atoms with Crippen LogP contribution in [-0.4, -0.2) is 19.8 Å². The van der Waals surface area contributed by atoms with E-state index >= 15 is 0 Å². The Morgan fingerprint density at radius 2 is 1.56 bits per heavy atom. The van der Waals surface area contributed by atoms with E-state index in [0.717, 1.165) is 12.5 Å². The Hall–Kier alpha value is -3.29. The van der Waals surface area contributed by atoms with E-state index in [1.807, 2.05) is 6.92 Å². The van der Waals surface area contributed by atoms with Crippen molar-refractivity contribution in [2.75, 3.05) is 19.8 Å². The van der Waals surface area contributed by atoms with Gasteiger partial charge in [-0.2, -0.15) is 8.78 Å². The summed E-state index contributed by atoms with van der Waals surface area (Å²) in [7, 11) is 0. The Bertz CT molecular complexity index is 1130. The molecule has 0 radical (unpaired) electrons. The summed E-state index contributed by atoms with van der Waals surface area (Å²) in [6.07, 6.45) is 4.89. The minimum Gasteiger partial charge on any atom is -0.491 e. The molecular formula is C31H37F5O3. The Morgan fingerprint density at radius 1 is 0.897 bits per heavy atom. The van der Waals surface area contributed by atoms with Crippen molar-refractivity contribution in [3.63, 3.8) is 0 Å². The highest BCUT2D eigenvalue weighted by Gasteiger charge is 2.27. The van der Waals surface area contributed by atoms with Crippen LogP contribution in [0.15, 0.2) is 84.7 Å². The number of unbranched alkanes of at least 4 members (excludes halogenated alkanes) is 1. The minimum absolute atomic E-state index is 0.0627. The molecule has 0 aliphatic heterocycles. The molecule has 214 valence electrons. The minimum atomic E-state index is -1.35. The molecule has 0 aromatic heterocycles. The first-order valence-electron chi connectivity index (χ1n) is 13.1. The predicted octanol–water partition coefficient (Wildman–Crippen LogP) is 9.61. The van der Waals surface area contributed by atoms with E-state index < -0.39 is 40.4 Å². The van der Waals surface area contributed by atoms with E-state index in [0.29, 0.717) is 37.7 Å². The second kappa shape index (κ2) is 15.3. The molecule has 0 bridgehead atoms. The number of halogens is 5. The molecule has 8 heteroatoms. The predicted molar refractivity (Wildman–Crippen MR) is 144 cm³/mol. The maximum absolute atomic E-state index is 14.6. The van der Waals surface area contributed by atoms with Gasteiger partial charge in [-0.1, -0.05) is 45.7 Å². The summed E-state index contributed by atoms with van der Waals surface area (Å²) in [5, 5.41) is 0. The topological polar surface area (TPSA) is 27.7 Å². The van der Waals surface area contributed by atoms with Gasteiger partial charge >= 0.3 is 0 Å². The lowest BCUT2D eigenvalue weighted by Crippen LogP contribution is -2.19. The molecule has 0 N–H and O–H groups in total. The van der Waals surface area contributed by atoms with E-state index in [1.165, 1.54) is 6.07 Å². The lowest BCUT2D eigenvalue weighted by molar-refractivity contribution is 0.137. The maximum atomic E-state index is 14.6. The van der Waals surface area contributed by atoms with Crippen LogP contribution < -0.4 is 4.74 Å². The average molecular weight is 553 g/mol. The van der Waals surface area contributed by atoms with E-state index in [-0.39, 0.29) is 48.7 Å². The molecule has 1 fully saturated rings. The Balaban J connectivity index is 1.88. The quantitative estimate of drug-likeness (QED) is 0.0938. The van der Waals surface area contributed by atoms with Crippen molar-refractivity contribution in [1.29, 1.82) is 0 Å². The third-order valence-corrected chi connectivity index (χ3v) is 6.59. The number of allylic oxidation sites excluding steroid dienone is 6. The van der Waals surface area contributed by atoms with Crippen LogP contribution in [0.2, 0.25) is 0 Å². The molecular weight excluding hydrogens is 515 g/mol. The van der Waals surface area contributed by atoms with Crippen LogP contribution in [-0.2, 0) is 9.47 Å². The summed E-state index contributed by atoms with van der Waals surface area (Å²) in [6, 6.07) is 3.01. The smallest absolute Gasteiger partial charge is 0.200 e. The SMILES string of the molecule is C=C(/C=C(/F)C(=C)OCC1CCC(c2ccc(OCC)c(F)c2F)CC1)C(=C)/C(F)=C(/F)C(=C)OCCCC. The zero-order valence-corrected chi connectivity index (χ0v) is 22.7. The van der Waals surface area contributed by atoms with Crippen LogP contribution in [0.3, 0.4) is 0 Å². The molecule has 39 heavy (non-hydrogen) atoms. The third-order valence-electron chi connectivity index (χ3n) is 6.59. The van der Waals surface area contributed by atoms with Gasteiger partial charge in [-0.15, -0.1) is 0 Å². The van der Waals surface area contributed by atoms with Crippen LogP contribution in [0.4, 0.5) is 22.0 Å². The first-order valence-corrected chi connectivity index (χ1v) is 13.1. The van der Waals surface area contributed by atoms with Gasteiger partial charge in [-0.25, -0.2) is 13.2 Å². The highest BCUT2D eigenvalue weighted by Crippen LogP contribution is 2.39. The van der Waals surface area contributed by atoms with Gasteiger partial charge in [0.2, 0.25) is 11.6 Å². The molecule has 0 atom stereocenters. The van der Waals surface area contributed by atoms with Crippen molar-refractivity contribution < 1.29 is 36.2 Å². The highest BCUT2D eigenvalue weighted by atomic mass is 19.2. The van der Waals surface area contributed by atoms with Gasteiger partial charge in [0.05, 0.1) is 19.8 Å². The second-order valence-electron chi connectivity index (χ2n) is 9.41. The summed E-state index contributed by atoms with van der Waals surface area (Å²) < 4.78 is 87.8. The van der Waals surface area contributed by atoms with Crippen molar-refractivity contribution in [3.8, 4) is 5.75 Å². The van der Waals surface area contributed by atoms with Gasteiger partial charge in [0, 0.05) is 5.57 Å². The zero-order chi connectivity index (χ0) is 29.1. The molecule has 0 saturated heterocycles. The fourth-order valence-electron chi connectivity index (χ4n) is 4.18. The average Bonchev–Trinajstić information content (AvgIpc) is 2.93. The molecule has 0 amide bonds. The summed E-state index contributed by atoms with van der Waals surface area (Å²) in [6.45, 7) is 18.1. The van der Waals surface area contributed by atoms with Crippen LogP contribution in [0.25, 0.3) is 0 Å². The molecule has 1 aliphatic rings. The van der Waals surface area contributed by atoms with Crippen LogP contribution in [0.1, 0.15) is 63.9 Å². The summed E-state index contributed by atoms with van der Waals surface area (Å²) in [5.41, 5.74) is -0.357. The summed E-state index contributed by atoms with van der Waals surface area (Å²) in [5.74, 6) is -6.40. The standard InChI is InChI=1S/C31H37F5O3/c1-7-9-16-38-22(6)29(34)28(33)20(4)19(3)17-26(32)21(5)39-18-23-10-12-24(13-11-23)25-14-15-27(37-8-2)31(36)30(25)35/h14-15,17,23-24H,3-13,16,18H2,1-2H3/b26-17+,29-28-. The number of hydrogen-bond donors (Lipinski definition) is 0. The number of rotatable bonds is 15. The molecule has 3 nitrogen and oxygen atoms in total. The van der Waals surface area contributed by atoms with E-state index in [9.17, 15) is 22.0 Å². The van der Waals surface area contributed by atoms with Gasteiger partial charge < -0.3 is 14.2 Å². The lowest BCUT2D eigenvalue weighted by atomic mass is 9.79. The highest BCUT2D eigenvalue weighted by molar-refractivity contribution is 5.50. The molecule has 1 aromatic carbocycles. The zero-order valence-electron chi connectivity index (χ0n) is 22.7. The summed E-state index contributed by atoms with van der Waals surface area (Å²) in [4.78, 5) is 0. The number of benzene rings is 1. The summed E-state index contributed by atoms with van der Waals surface area (Å²) >= 11 is 0. The second-order valence-corrected chi connectivity index (χ2v) is 9.41. The number of hydrogen-bond acceptors (Lipinski definition) is 3. The van der Waals surface area contributed by atoms with Crippen molar-refractivity contribution in [1.82, 2.24) is 0 Å². The molecule has 0 spiro atoms. The Kier molecular flexibility index (Phi) is 12.6. The van der Waals surface area contributed by atoms with Gasteiger partial charge in [0.1, 0.15) is 5.76 Å². The Morgan fingerprint density at radius 3 is 2.18 bits per heavy atom. The van der Waals surface area contributed by atoms with Crippen molar-refractivity contribution in [2.24, 2.45) is 5.92 Å². The Labute approximate surface area is 228 Å². The van der Waals surface area contributed by atoms with E-state index in [4.69, 9.17) is 14.2 Å². The van der Waals surface area contributed by atoms with Gasteiger partial charge in [0.25, 0.3) is 0 Å². The molecule has 0 heterocycles. The molecule has 0 unspecified atom stereocenters. The van der Waals surface area contributed by atoms with Gasteiger partial charge in [0.15, 0.2) is 29.0 Å². The first-order chi connectivity index (χ1) is 18.5. The monoisotopic (exact) mass is 552 g/mol. The van der Waals surface area contributed by atoms with Crippen LogP contribution >= 0.6 is 0 Å². The van der Waals surface area contributed by atoms with E-state index in [1.54, 1.807) is 13.0 Å². The molecule has 1 aliphatic carbocycles. The fourth-order valence-corrected chi connectivity index (χ4v) is 4.18.